The van der Waals surface area contributed by atoms with Crippen molar-refractivity contribution in [2.24, 2.45) is 0 Å². The Morgan fingerprint density at radius 3 is 2.33 bits per heavy atom. The van der Waals surface area contributed by atoms with Crippen LogP contribution in [-0.4, -0.2) is 17.1 Å². The van der Waals surface area contributed by atoms with Crippen LogP contribution in [0.25, 0.3) is 0 Å². The summed E-state index contributed by atoms with van der Waals surface area (Å²) in [5.74, 6) is -0.223. The van der Waals surface area contributed by atoms with Crippen molar-refractivity contribution >= 4 is 34.8 Å². The number of nitrogens with one attached hydrogen (secondary N) is 2. The SMILES string of the molecule is O=C(CNn1cccc1)Nc1c(Cl)cccc1Cl. The number of rotatable bonds is 4. The molecule has 94 valence electrons. The number of hydrogen-bond donors (Lipinski definition) is 2. The molecule has 0 bridgehead atoms. The van der Waals surface area contributed by atoms with Crippen LogP contribution in [0.2, 0.25) is 10.0 Å². The van der Waals surface area contributed by atoms with Gasteiger partial charge >= 0.3 is 0 Å². The van der Waals surface area contributed by atoms with Crippen LogP contribution >= 0.6 is 23.2 Å². The maximum Gasteiger partial charge on any atom is 0.245 e. The summed E-state index contributed by atoms with van der Waals surface area (Å²) in [4.78, 5) is 11.7. The molecular formula is C12H11Cl2N3O. The average molecular weight is 284 g/mol. The zero-order chi connectivity index (χ0) is 13.0. The summed E-state index contributed by atoms with van der Waals surface area (Å²) in [5, 5.41) is 3.49. The van der Waals surface area contributed by atoms with Gasteiger partial charge in [0, 0.05) is 12.4 Å². The second kappa shape index (κ2) is 5.80. The van der Waals surface area contributed by atoms with Crippen LogP contribution in [-0.2, 0) is 4.79 Å². The van der Waals surface area contributed by atoms with Gasteiger partial charge in [0.25, 0.3) is 0 Å². The molecule has 6 heteroatoms. The largest absolute Gasteiger partial charge is 0.322 e. The summed E-state index contributed by atoms with van der Waals surface area (Å²) < 4.78 is 1.69. The van der Waals surface area contributed by atoms with E-state index in [-0.39, 0.29) is 12.5 Å². The average Bonchev–Trinajstić information content (AvgIpc) is 2.84. The van der Waals surface area contributed by atoms with Gasteiger partial charge in [0.05, 0.1) is 15.7 Å². The van der Waals surface area contributed by atoms with Gasteiger partial charge in [0.1, 0.15) is 6.54 Å². The number of anilines is 1. The first kappa shape index (κ1) is 12.8. The molecule has 0 aliphatic rings. The molecule has 0 saturated heterocycles. The number of carbonyl (C=O) groups excluding carboxylic acids is 1. The molecule has 0 atom stereocenters. The van der Waals surface area contributed by atoms with Crippen molar-refractivity contribution in [3.63, 3.8) is 0 Å². The highest BCUT2D eigenvalue weighted by Gasteiger charge is 2.08. The number of halogens is 2. The molecule has 4 nitrogen and oxygen atoms in total. The number of amides is 1. The first-order valence-electron chi connectivity index (χ1n) is 5.27. The van der Waals surface area contributed by atoms with E-state index in [0.717, 1.165) is 0 Å². The van der Waals surface area contributed by atoms with E-state index >= 15 is 0 Å². The van der Waals surface area contributed by atoms with Crippen LogP contribution in [0.15, 0.2) is 42.7 Å². The molecule has 1 amide bonds. The zero-order valence-corrected chi connectivity index (χ0v) is 10.9. The minimum Gasteiger partial charge on any atom is -0.322 e. The molecule has 0 aliphatic carbocycles. The fraction of sp³-hybridized carbons (Fsp3) is 0.0833. The number of nitrogens with zero attached hydrogens (tertiary/aromatic N) is 1. The second-order valence-corrected chi connectivity index (χ2v) is 4.38. The molecule has 1 aromatic carbocycles. The molecule has 0 unspecified atom stereocenters. The van der Waals surface area contributed by atoms with Crippen molar-refractivity contribution in [2.45, 2.75) is 0 Å². The van der Waals surface area contributed by atoms with Gasteiger partial charge in [-0.25, -0.2) is 0 Å². The Hall–Kier alpha value is -1.65. The third kappa shape index (κ3) is 3.18. The second-order valence-electron chi connectivity index (χ2n) is 3.57. The van der Waals surface area contributed by atoms with Crippen molar-refractivity contribution in [3.05, 3.63) is 52.8 Å². The maximum absolute atomic E-state index is 11.7. The van der Waals surface area contributed by atoms with Gasteiger partial charge in [-0.2, -0.15) is 0 Å². The number of hydrogen-bond acceptors (Lipinski definition) is 2. The van der Waals surface area contributed by atoms with Crippen LogP contribution in [0.4, 0.5) is 5.69 Å². The third-order valence-electron chi connectivity index (χ3n) is 2.25. The van der Waals surface area contributed by atoms with Gasteiger partial charge < -0.3 is 10.7 Å². The number of aromatic nitrogens is 1. The number of carbonyl (C=O) groups is 1. The molecule has 2 rings (SSSR count). The molecular weight excluding hydrogens is 273 g/mol. The molecule has 2 aromatic rings. The Morgan fingerprint density at radius 2 is 1.72 bits per heavy atom. The minimum absolute atomic E-state index is 0.121. The van der Waals surface area contributed by atoms with E-state index in [4.69, 9.17) is 23.2 Å². The molecule has 0 saturated carbocycles. The predicted molar refractivity (Wildman–Crippen MR) is 73.8 cm³/mol. The highest BCUT2D eigenvalue weighted by atomic mass is 35.5. The van der Waals surface area contributed by atoms with Crippen molar-refractivity contribution in [1.82, 2.24) is 4.68 Å². The van der Waals surface area contributed by atoms with Crippen LogP contribution in [0.1, 0.15) is 0 Å². The van der Waals surface area contributed by atoms with Crippen molar-refractivity contribution in [2.75, 3.05) is 17.3 Å². The minimum atomic E-state index is -0.223. The Balaban J connectivity index is 1.95. The number of para-hydroxylation sites is 1. The van der Waals surface area contributed by atoms with Gasteiger partial charge in [0.15, 0.2) is 0 Å². The molecule has 0 radical (unpaired) electrons. The van der Waals surface area contributed by atoms with Crippen LogP contribution < -0.4 is 10.7 Å². The lowest BCUT2D eigenvalue weighted by Gasteiger charge is -2.10. The van der Waals surface area contributed by atoms with E-state index in [1.165, 1.54) is 0 Å². The van der Waals surface area contributed by atoms with E-state index < -0.39 is 0 Å². The smallest absolute Gasteiger partial charge is 0.245 e. The predicted octanol–water partition coefficient (Wildman–Crippen LogP) is 2.98. The van der Waals surface area contributed by atoms with Gasteiger partial charge in [-0.05, 0) is 24.3 Å². The first-order valence-corrected chi connectivity index (χ1v) is 6.03. The van der Waals surface area contributed by atoms with E-state index in [1.54, 1.807) is 35.3 Å². The third-order valence-corrected chi connectivity index (χ3v) is 2.88. The molecule has 18 heavy (non-hydrogen) atoms. The molecule has 1 aromatic heterocycles. The maximum atomic E-state index is 11.7. The highest BCUT2D eigenvalue weighted by molar-refractivity contribution is 6.39. The van der Waals surface area contributed by atoms with Gasteiger partial charge in [-0.3, -0.25) is 9.47 Å². The van der Waals surface area contributed by atoms with Gasteiger partial charge in [-0.15, -0.1) is 0 Å². The van der Waals surface area contributed by atoms with Crippen molar-refractivity contribution < 1.29 is 4.79 Å². The van der Waals surface area contributed by atoms with E-state index in [1.807, 2.05) is 12.1 Å². The summed E-state index contributed by atoms with van der Waals surface area (Å²) in [6.45, 7) is 0.121. The lowest BCUT2D eigenvalue weighted by Crippen LogP contribution is -2.26. The quantitative estimate of drug-likeness (QED) is 0.906. The standard InChI is InChI=1S/C12H11Cl2N3O/c13-9-4-3-5-10(14)12(9)16-11(18)8-15-17-6-1-2-7-17/h1-7,15H,8H2,(H,16,18). The Morgan fingerprint density at radius 1 is 1.11 bits per heavy atom. The Kier molecular flexibility index (Phi) is 4.12. The summed E-state index contributed by atoms with van der Waals surface area (Å²) in [7, 11) is 0. The van der Waals surface area contributed by atoms with E-state index in [9.17, 15) is 4.79 Å². The fourth-order valence-corrected chi connectivity index (χ4v) is 1.90. The zero-order valence-electron chi connectivity index (χ0n) is 9.36. The van der Waals surface area contributed by atoms with Crippen LogP contribution in [0.3, 0.4) is 0 Å². The Bertz CT molecular complexity index is 520. The summed E-state index contributed by atoms with van der Waals surface area (Å²) in [6.07, 6.45) is 3.60. The topological polar surface area (TPSA) is 46.1 Å². The molecule has 0 aliphatic heterocycles. The lowest BCUT2D eigenvalue weighted by molar-refractivity contribution is -0.114. The summed E-state index contributed by atoms with van der Waals surface area (Å²) >= 11 is 11.9. The van der Waals surface area contributed by atoms with Crippen LogP contribution in [0, 0.1) is 0 Å². The fourth-order valence-electron chi connectivity index (χ4n) is 1.40. The summed E-state index contributed by atoms with van der Waals surface area (Å²) in [6, 6.07) is 8.77. The monoisotopic (exact) mass is 283 g/mol. The lowest BCUT2D eigenvalue weighted by atomic mass is 10.3. The van der Waals surface area contributed by atoms with Gasteiger partial charge in [-0.1, -0.05) is 29.3 Å². The number of benzene rings is 1. The van der Waals surface area contributed by atoms with Gasteiger partial charge in [0.2, 0.25) is 5.91 Å². The molecule has 0 spiro atoms. The van der Waals surface area contributed by atoms with Crippen molar-refractivity contribution in [3.8, 4) is 0 Å². The van der Waals surface area contributed by atoms with Crippen LogP contribution in [0.5, 0.6) is 0 Å². The summed E-state index contributed by atoms with van der Waals surface area (Å²) in [5.41, 5.74) is 3.33. The normalized spacial score (nSPS) is 10.1. The first-order chi connectivity index (χ1) is 8.66. The molecule has 0 fully saturated rings. The van der Waals surface area contributed by atoms with E-state index in [2.05, 4.69) is 10.7 Å². The van der Waals surface area contributed by atoms with Crippen molar-refractivity contribution in [1.29, 1.82) is 0 Å². The van der Waals surface area contributed by atoms with E-state index in [0.29, 0.717) is 15.7 Å². The molecule has 2 N–H and O–H groups in total. The Labute approximate surface area is 114 Å². The molecule has 1 heterocycles. The highest BCUT2D eigenvalue weighted by Crippen LogP contribution is 2.29.